The first-order valence-corrected chi connectivity index (χ1v) is 18.2. The Labute approximate surface area is 274 Å². The molecule has 0 aromatic heterocycles. The predicted molar refractivity (Wildman–Crippen MR) is 174 cm³/mol. The van der Waals surface area contributed by atoms with Gasteiger partial charge in [-0.25, -0.2) is 13.2 Å². The molecule has 0 radical (unpaired) electrons. The molecular formula is C36H50NO8S-. The molecule has 8 atom stereocenters. The van der Waals surface area contributed by atoms with Crippen LogP contribution in [0, 0.1) is 34.5 Å². The van der Waals surface area contributed by atoms with Crippen LogP contribution in [0.3, 0.4) is 0 Å². The number of amides is 1. The van der Waals surface area contributed by atoms with E-state index in [0.29, 0.717) is 53.4 Å². The van der Waals surface area contributed by atoms with E-state index in [0.717, 1.165) is 51.4 Å². The number of ether oxygens (including phenoxy) is 1. The largest absolute Gasteiger partial charge is 0.726 e. The van der Waals surface area contributed by atoms with Crippen LogP contribution in [0.2, 0.25) is 0 Å². The fraction of sp³-hybridized carbons (Fsp3) is 0.667. The number of allylic oxidation sites excluding steroid dienone is 3. The Hall–Kier alpha value is -2.69. The van der Waals surface area contributed by atoms with Crippen LogP contribution >= 0.6 is 0 Å². The Bertz CT molecular complexity index is 1480. The number of benzene rings is 1. The summed E-state index contributed by atoms with van der Waals surface area (Å²) in [4.78, 5) is 24.9. The lowest BCUT2D eigenvalue weighted by Crippen LogP contribution is -2.48. The molecule has 2 N–H and O–H groups in total. The first-order chi connectivity index (χ1) is 21.7. The molecule has 1 amide bonds. The number of carbonyl (C=O) groups is 2. The second kappa shape index (κ2) is 13.4. The Morgan fingerprint density at radius 3 is 2.48 bits per heavy atom. The van der Waals surface area contributed by atoms with Crippen LogP contribution in [0.5, 0.6) is 5.75 Å². The maximum absolute atomic E-state index is 12.9. The number of rotatable bonds is 11. The molecule has 3 saturated carbocycles. The molecule has 0 heterocycles. The number of carboxylic acids is 1. The number of aliphatic carboxylic acids is 1. The third-order valence-electron chi connectivity index (χ3n) is 12.4. The second-order valence-electron chi connectivity index (χ2n) is 14.8. The molecule has 0 aliphatic heterocycles. The average molecular weight is 657 g/mol. The van der Waals surface area contributed by atoms with Gasteiger partial charge >= 0.3 is 5.97 Å². The van der Waals surface area contributed by atoms with E-state index < -0.39 is 28.5 Å². The zero-order chi connectivity index (χ0) is 33.4. The van der Waals surface area contributed by atoms with Crippen molar-refractivity contribution in [2.75, 3.05) is 7.11 Å². The van der Waals surface area contributed by atoms with E-state index in [9.17, 15) is 27.7 Å². The molecule has 4 aliphatic rings. The van der Waals surface area contributed by atoms with Gasteiger partial charge in [-0.3, -0.25) is 8.98 Å². The van der Waals surface area contributed by atoms with Crippen LogP contribution in [0.4, 0.5) is 0 Å². The topological polar surface area (TPSA) is 142 Å². The van der Waals surface area contributed by atoms with Crippen LogP contribution < -0.4 is 10.1 Å². The molecular weight excluding hydrogens is 606 g/mol. The van der Waals surface area contributed by atoms with Crippen molar-refractivity contribution < 1.29 is 36.6 Å². The van der Waals surface area contributed by atoms with Gasteiger partial charge in [-0.15, -0.1) is 0 Å². The van der Waals surface area contributed by atoms with Gasteiger partial charge in [0.15, 0.2) is 6.04 Å². The number of fused-ring (bicyclic) bond motifs is 4. The quantitative estimate of drug-likeness (QED) is 0.114. The van der Waals surface area contributed by atoms with Crippen molar-refractivity contribution in [3.8, 4) is 5.75 Å². The van der Waals surface area contributed by atoms with Crippen molar-refractivity contribution in [3.63, 3.8) is 0 Å². The lowest BCUT2D eigenvalue weighted by atomic mass is 9.49. The Balaban J connectivity index is 1.20. The average Bonchev–Trinajstić information content (AvgIpc) is 3.36. The third kappa shape index (κ3) is 6.95. The summed E-state index contributed by atoms with van der Waals surface area (Å²) in [6, 6.07) is 5.51. The Kier molecular flexibility index (Phi) is 10.1. The summed E-state index contributed by atoms with van der Waals surface area (Å²) in [6.07, 6.45) is 12.0. The highest BCUT2D eigenvalue weighted by Crippen LogP contribution is 2.66. The molecule has 9 nitrogen and oxygen atoms in total. The summed E-state index contributed by atoms with van der Waals surface area (Å²) in [5.41, 5.74) is 4.63. The van der Waals surface area contributed by atoms with E-state index in [4.69, 9.17) is 8.92 Å². The van der Waals surface area contributed by atoms with Crippen LogP contribution in [0.1, 0.15) is 110 Å². The summed E-state index contributed by atoms with van der Waals surface area (Å²) in [6.45, 7) is 8.94. The lowest BCUT2D eigenvalue weighted by molar-refractivity contribution is -0.141. The molecule has 10 heteroatoms. The number of methoxy groups -OCH3 is 1. The van der Waals surface area contributed by atoms with Gasteiger partial charge in [0.2, 0.25) is 16.3 Å². The zero-order valence-electron chi connectivity index (χ0n) is 27.8. The highest BCUT2D eigenvalue weighted by atomic mass is 32.3. The van der Waals surface area contributed by atoms with E-state index in [1.807, 2.05) is 6.08 Å². The van der Waals surface area contributed by atoms with E-state index in [-0.39, 0.29) is 16.7 Å². The van der Waals surface area contributed by atoms with Gasteiger partial charge in [-0.05, 0) is 130 Å². The van der Waals surface area contributed by atoms with E-state index in [1.54, 1.807) is 49.4 Å². The monoisotopic (exact) mass is 656 g/mol. The van der Waals surface area contributed by atoms with Gasteiger partial charge in [0.1, 0.15) is 5.75 Å². The molecule has 5 rings (SSSR count). The van der Waals surface area contributed by atoms with Crippen molar-refractivity contribution in [2.45, 2.75) is 110 Å². The zero-order valence-corrected chi connectivity index (χ0v) is 28.7. The van der Waals surface area contributed by atoms with Gasteiger partial charge in [0, 0.05) is 5.57 Å². The van der Waals surface area contributed by atoms with Crippen molar-refractivity contribution >= 4 is 22.3 Å². The smallest absolute Gasteiger partial charge is 0.330 e. The summed E-state index contributed by atoms with van der Waals surface area (Å²) >= 11 is 0. The number of nitrogens with one attached hydrogen (secondary N) is 1. The van der Waals surface area contributed by atoms with Crippen LogP contribution in [0.25, 0.3) is 0 Å². The van der Waals surface area contributed by atoms with E-state index in [2.05, 4.69) is 26.1 Å². The van der Waals surface area contributed by atoms with Gasteiger partial charge in [-0.1, -0.05) is 50.1 Å². The first-order valence-electron chi connectivity index (χ1n) is 16.9. The minimum absolute atomic E-state index is 0.119. The highest BCUT2D eigenvalue weighted by molar-refractivity contribution is 7.80. The van der Waals surface area contributed by atoms with Crippen molar-refractivity contribution in [1.82, 2.24) is 5.32 Å². The highest BCUT2D eigenvalue weighted by Gasteiger charge is 2.55. The molecule has 3 fully saturated rings. The molecule has 4 aliphatic carbocycles. The standard InChI is InChI=1S/C36H51NO8S/c1-22(7-6-8-23(2)33(38)37-32(34(39)40)24-9-12-26(44-5)13-10-24)29-15-16-30-28-14-11-25-21-27(45-46(41,42)43)17-19-35(25,3)31(28)18-20-36(29,30)4/h8-10,12-13,22,25,27,29,31-32H,6-7,11,14-21H2,1-5H3,(H,37,38)(H,39,40)(H,41,42,43)/p-1/b23-8+/t22?,25?,27-,29+,31?,32?,35-,36+/m0/s1. The third-order valence-corrected chi connectivity index (χ3v) is 12.9. The number of hydrogen-bond donors (Lipinski definition) is 2. The Morgan fingerprint density at radius 2 is 1.83 bits per heavy atom. The minimum atomic E-state index is -4.68. The fourth-order valence-electron chi connectivity index (χ4n) is 9.84. The lowest BCUT2D eigenvalue weighted by Gasteiger charge is -2.57. The van der Waals surface area contributed by atoms with E-state index >= 15 is 0 Å². The molecule has 254 valence electrons. The second-order valence-corrected chi connectivity index (χ2v) is 15.8. The minimum Gasteiger partial charge on any atom is -0.726 e. The number of hydrogen-bond acceptors (Lipinski definition) is 7. The molecule has 1 aromatic rings. The van der Waals surface area contributed by atoms with Crippen molar-refractivity contribution in [2.24, 2.45) is 34.5 Å². The van der Waals surface area contributed by atoms with Gasteiger partial charge < -0.3 is 19.7 Å². The number of carboxylic acid groups (broad SMARTS) is 1. The summed E-state index contributed by atoms with van der Waals surface area (Å²) in [5, 5.41) is 12.4. The van der Waals surface area contributed by atoms with Crippen molar-refractivity contribution in [3.05, 3.63) is 52.6 Å². The SMILES string of the molecule is COc1ccc(C(NC(=O)/C(C)=C/CCC(C)[C@H]2CCC3=C4CCC5C[C@@H](OS(=O)(=O)[O-])CC[C@]5(C)C4CC[C@@]32C)C(=O)O)cc1. The fourth-order valence-corrected chi connectivity index (χ4v) is 10.3. The summed E-state index contributed by atoms with van der Waals surface area (Å²) in [5.74, 6) is 1.06. The van der Waals surface area contributed by atoms with Crippen LogP contribution in [-0.4, -0.2) is 43.2 Å². The normalized spacial score (nSPS) is 32.5. The van der Waals surface area contributed by atoms with Crippen LogP contribution in [-0.2, 0) is 24.2 Å². The number of carbonyl (C=O) groups excluding carboxylic acids is 1. The molecule has 0 spiro atoms. The summed E-state index contributed by atoms with van der Waals surface area (Å²) in [7, 11) is -3.14. The molecule has 4 unspecified atom stereocenters. The predicted octanol–water partition coefficient (Wildman–Crippen LogP) is 6.87. The maximum Gasteiger partial charge on any atom is 0.330 e. The van der Waals surface area contributed by atoms with E-state index in [1.165, 1.54) is 6.42 Å². The van der Waals surface area contributed by atoms with Crippen molar-refractivity contribution in [1.29, 1.82) is 0 Å². The molecule has 46 heavy (non-hydrogen) atoms. The summed E-state index contributed by atoms with van der Waals surface area (Å²) < 4.78 is 43.8. The Morgan fingerprint density at radius 1 is 1.11 bits per heavy atom. The van der Waals surface area contributed by atoms with Gasteiger partial charge in [0.25, 0.3) is 0 Å². The molecule has 0 saturated heterocycles. The van der Waals surface area contributed by atoms with Gasteiger partial charge in [0.05, 0.1) is 13.2 Å². The molecule has 0 bridgehead atoms. The molecule has 1 aromatic carbocycles. The van der Waals surface area contributed by atoms with Gasteiger partial charge in [-0.2, -0.15) is 0 Å². The van der Waals surface area contributed by atoms with Crippen LogP contribution in [0.15, 0.2) is 47.1 Å². The maximum atomic E-state index is 12.9. The first kappa shape index (κ1) is 34.6.